The molecular formula is C24H30ClN3O. The Kier molecular flexibility index (Phi) is 6.83. The number of halogens is 1. The van der Waals surface area contributed by atoms with Crippen LogP contribution in [0.1, 0.15) is 54.4 Å². The van der Waals surface area contributed by atoms with Gasteiger partial charge in [0.25, 0.3) is 5.91 Å². The lowest BCUT2D eigenvalue weighted by Crippen LogP contribution is -2.43. The first-order chi connectivity index (χ1) is 14.2. The SMILES string of the molecule is O=C(c1cccc(Cl)c1)N(Cc1cccnc1)CC1CCN(C2CCCC2)CC1. The molecule has 1 aromatic carbocycles. The van der Waals surface area contributed by atoms with Crippen molar-refractivity contribution < 1.29 is 4.79 Å². The molecule has 4 rings (SSSR count). The highest BCUT2D eigenvalue weighted by Gasteiger charge is 2.29. The van der Waals surface area contributed by atoms with Crippen molar-refractivity contribution in [3.8, 4) is 0 Å². The number of amides is 1. The number of nitrogens with zero attached hydrogens (tertiary/aromatic N) is 3. The van der Waals surface area contributed by atoms with Crippen LogP contribution in [0, 0.1) is 5.92 Å². The van der Waals surface area contributed by atoms with Gasteiger partial charge in [0, 0.05) is 42.1 Å². The van der Waals surface area contributed by atoms with Crippen LogP contribution in [0.4, 0.5) is 0 Å². The molecule has 0 atom stereocenters. The number of rotatable bonds is 6. The van der Waals surface area contributed by atoms with E-state index >= 15 is 0 Å². The van der Waals surface area contributed by atoms with Crippen molar-refractivity contribution in [3.63, 3.8) is 0 Å². The highest BCUT2D eigenvalue weighted by Crippen LogP contribution is 2.28. The summed E-state index contributed by atoms with van der Waals surface area (Å²) in [6.07, 6.45) is 11.5. The molecule has 0 N–H and O–H groups in total. The molecule has 5 heteroatoms. The van der Waals surface area contributed by atoms with Crippen LogP contribution in [0.5, 0.6) is 0 Å². The lowest BCUT2D eigenvalue weighted by Gasteiger charge is -2.38. The first kappa shape index (κ1) is 20.4. The smallest absolute Gasteiger partial charge is 0.254 e. The third-order valence-electron chi connectivity index (χ3n) is 6.42. The Bertz CT molecular complexity index is 799. The zero-order valence-electron chi connectivity index (χ0n) is 17.0. The Morgan fingerprint density at radius 2 is 1.90 bits per heavy atom. The van der Waals surface area contributed by atoms with Crippen LogP contribution in [0.15, 0.2) is 48.8 Å². The molecule has 1 aliphatic heterocycles. The predicted octanol–water partition coefficient (Wildman–Crippen LogP) is 5.03. The van der Waals surface area contributed by atoms with Crippen LogP contribution >= 0.6 is 11.6 Å². The van der Waals surface area contributed by atoms with Gasteiger partial charge in [-0.2, -0.15) is 0 Å². The molecule has 0 spiro atoms. The zero-order chi connectivity index (χ0) is 20.1. The third-order valence-corrected chi connectivity index (χ3v) is 6.66. The number of benzene rings is 1. The fraction of sp³-hybridized carbons (Fsp3) is 0.500. The first-order valence-electron chi connectivity index (χ1n) is 10.9. The van der Waals surface area contributed by atoms with Gasteiger partial charge in [-0.3, -0.25) is 9.78 Å². The van der Waals surface area contributed by atoms with Crippen LogP contribution in [-0.4, -0.2) is 46.4 Å². The van der Waals surface area contributed by atoms with Gasteiger partial charge in [-0.1, -0.05) is 36.6 Å². The van der Waals surface area contributed by atoms with E-state index in [4.69, 9.17) is 11.6 Å². The topological polar surface area (TPSA) is 36.4 Å². The predicted molar refractivity (Wildman–Crippen MR) is 117 cm³/mol. The number of carbonyl (C=O) groups excluding carboxylic acids is 1. The average molecular weight is 412 g/mol. The molecule has 1 amide bonds. The number of hydrogen-bond acceptors (Lipinski definition) is 3. The van der Waals surface area contributed by atoms with Gasteiger partial charge in [0.1, 0.15) is 0 Å². The maximum absolute atomic E-state index is 13.3. The van der Waals surface area contributed by atoms with Gasteiger partial charge in [0.2, 0.25) is 0 Å². The molecule has 1 aromatic heterocycles. The molecule has 29 heavy (non-hydrogen) atoms. The largest absolute Gasteiger partial charge is 0.334 e. The van der Waals surface area contributed by atoms with Gasteiger partial charge in [-0.05, 0) is 74.5 Å². The average Bonchev–Trinajstić information content (AvgIpc) is 3.29. The Morgan fingerprint density at radius 3 is 2.59 bits per heavy atom. The Hall–Kier alpha value is -1.91. The number of pyridine rings is 1. The van der Waals surface area contributed by atoms with Gasteiger partial charge in [0.05, 0.1) is 0 Å². The van der Waals surface area contributed by atoms with E-state index in [-0.39, 0.29) is 5.91 Å². The second-order valence-electron chi connectivity index (χ2n) is 8.47. The zero-order valence-corrected chi connectivity index (χ0v) is 17.7. The number of carbonyl (C=O) groups is 1. The van der Waals surface area contributed by atoms with Gasteiger partial charge in [0.15, 0.2) is 0 Å². The van der Waals surface area contributed by atoms with Crippen LogP contribution in [0.3, 0.4) is 0 Å². The van der Waals surface area contributed by atoms with Crippen LogP contribution in [-0.2, 0) is 6.54 Å². The minimum Gasteiger partial charge on any atom is -0.334 e. The molecule has 2 fully saturated rings. The van der Waals surface area contributed by atoms with Crippen molar-refractivity contribution in [2.45, 2.75) is 51.1 Å². The van der Waals surface area contributed by atoms with Crippen LogP contribution < -0.4 is 0 Å². The van der Waals surface area contributed by atoms with Crippen molar-refractivity contribution in [3.05, 3.63) is 64.9 Å². The molecule has 0 unspecified atom stereocenters. The van der Waals surface area contributed by atoms with E-state index < -0.39 is 0 Å². The molecule has 2 aromatic rings. The molecule has 0 radical (unpaired) electrons. The molecule has 2 aliphatic rings. The lowest BCUT2D eigenvalue weighted by molar-refractivity contribution is 0.0650. The molecule has 4 nitrogen and oxygen atoms in total. The third kappa shape index (κ3) is 5.37. The highest BCUT2D eigenvalue weighted by atomic mass is 35.5. The minimum atomic E-state index is 0.0505. The summed E-state index contributed by atoms with van der Waals surface area (Å²) in [6.45, 7) is 3.71. The van der Waals surface area contributed by atoms with E-state index in [2.05, 4.69) is 9.88 Å². The number of piperidine rings is 1. The summed E-state index contributed by atoms with van der Waals surface area (Å²) in [5.41, 5.74) is 1.72. The summed E-state index contributed by atoms with van der Waals surface area (Å²) in [4.78, 5) is 22.2. The summed E-state index contributed by atoms with van der Waals surface area (Å²) in [6, 6.07) is 12.0. The van der Waals surface area contributed by atoms with Crippen LogP contribution in [0.2, 0.25) is 5.02 Å². The second kappa shape index (κ2) is 9.73. The lowest BCUT2D eigenvalue weighted by atomic mass is 9.94. The molecule has 2 heterocycles. The quantitative estimate of drug-likeness (QED) is 0.668. The fourth-order valence-electron chi connectivity index (χ4n) is 4.82. The summed E-state index contributed by atoms with van der Waals surface area (Å²) < 4.78 is 0. The molecule has 1 saturated carbocycles. The van der Waals surface area contributed by atoms with Crippen molar-refractivity contribution in [1.29, 1.82) is 0 Å². The van der Waals surface area contributed by atoms with Gasteiger partial charge in [-0.25, -0.2) is 0 Å². The number of hydrogen-bond donors (Lipinski definition) is 0. The summed E-state index contributed by atoms with van der Waals surface area (Å²) in [5.74, 6) is 0.599. The summed E-state index contributed by atoms with van der Waals surface area (Å²) in [7, 11) is 0. The van der Waals surface area contributed by atoms with E-state index in [1.807, 2.05) is 41.4 Å². The molecule has 154 valence electrons. The van der Waals surface area contributed by atoms with E-state index in [9.17, 15) is 4.79 Å². The van der Waals surface area contributed by atoms with Gasteiger partial charge < -0.3 is 9.80 Å². The van der Waals surface area contributed by atoms with E-state index in [1.54, 1.807) is 12.3 Å². The summed E-state index contributed by atoms with van der Waals surface area (Å²) in [5, 5.41) is 0.599. The monoisotopic (exact) mass is 411 g/mol. The van der Waals surface area contributed by atoms with Gasteiger partial charge >= 0.3 is 0 Å². The Balaban J connectivity index is 1.43. The van der Waals surface area contributed by atoms with E-state index in [0.29, 0.717) is 23.0 Å². The van der Waals surface area contributed by atoms with E-state index in [0.717, 1.165) is 18.2 Å². The molecule has 1 aliphatic carbocycles. The standard InChI is InChI=1S/C24H30ClN3O/c25-22-7-3-6-21(15-22)24(29)28(18-20-5-4-12-26-16-20)17-19-10-13-27(14-11-19)23-8-1-2-9-23/h3-7,12,15-16,19,23H,1-2,8-11,13-14,17-18H2. The second-order valence-corrected chi connectivity index (χ2v) is 8.91. The van der Waals surface area contributed by atoms with Crippen molar-refractivity contribution in [2.24, 2.45) is 5.92 Å². The van der Waals surface area contributed by atoms with Crippen molar-refractivity contribution in [1.82, 2.24) is 14.8 Å². The Morgan fingerprint density at radius 1 is 1.10 bits per heavy atom. The highest BCUT2D eigenvalue weighted by molar-refractivity contribution is 6.30. The maximum atomic E-state index is 13.3. The Labute approximate surface area is 178 Å². The van der Waals surface area contributed by atoms with Crippen molar-refractivity contribution >= 4 is 17.5 Å². The summed E-state index contributed by atoms with van der Waals surface area (Å²) >= 11 is 6.14. The maximum Gasteiger partial charge on any atom is 0.254 e. The van der Waals surface area contributed by atoms with E-state index in [1.165, 1.54) is 51.6 Å². The molecule has 0 bridgehead atoms. The van der Waals surface area contributed by atoms with Crippen LogP contribution in [0.25, 0.3) is 0 Å². The van der Waals surface area contributed by atoms with Gasteiger partial charge in [-0.15, -0.1) is 0 Å². The van der Waals surface area contributed by atoms with Crippen molar-refractivity contribution in [2.75, 3.05) is 19.6 Å². The minimum absolute atomic E-state index is 0.0505. The number of aromatic nitrogens is 1. The molecular weight excluding hydrogens is 382 g/mol. The fourth-order valence-corrected chi connectivity index (χ4v) is 5.01. The number of likely N-dealkylation sites (tertiary alicyclic amines) is 1. The molecule has 1 saturated heterocycles. The first-order valence-corrected chi connectivity index (χ1v) is 11.2. The normalized spacial score (nSPS) is 18.8.